The number of rotatable bonds is 1. The highest BCUT2D eigenvalue weighted by atomic mass is 16.3. The third-order valence-corrected chi connectivity index (χ3v) is 1.52. The monoisotopic (exact) mass is 149 g/mol. The third-order valence-electron chi connectivity index (χ3n) is 1.52. The summed E-state index contributed by atoms with van der Waals surface area (Å²) in [6, 6.07) is 1.83. The molecule has 2 N–H and O–H groups in total. The molecule has 0 saturated heterocycles. The molecule has 0 aromatic carbocycles. The van der Waals surface area contributed by atoms with Crippen LogP contribution in [-0.2, 0) is 6.61 Å². The highest BCUT2D eigenvalue weighted by molar-refractivity contribution is 5.74. The van der Waals surface area contributed by atoms with Gasteiger partial charge in [0.1, 0.15) is 12.0 Å². The number of H-pyrrole nitrogens is 1. The van der Waals surface area contributed by atoms with Crippen LogP contribution < -0.4 is 0 Å². The van der Waals surface area contributed by atoms with Crippen molar-refractivity contribution in [2.45, 2.75) is 6.61 Å². The lowest BCUT2D eigenvalue weighted by atomic mass is 10.4. The van der Waals surface area contributed by atoms with E-state index in [9.17, 15) is 0 Å². The quantitative estimate of drug-likeness (QED) is 0.618. The lowest BCUT2D eigenvalue weighted by Gasteiger charge is -1.83. The fourth-order valence-corrected chi connectivity index (χ4v) is 1.01. The Hall–Kier alpha value is -1.42. The summed E-state index contributed by atoms with van der Waals surface area (Å²) in [5, 5.41) is 9.69. The summed E-state index contributed by atoms with van der Waals surface area (Å²) in [5.74, 6) is 0. The Balaban J connectivity index is 2.69. The molecule has 0 spiro atoms. The first-order valence-electron chi connectivity index (χ1n) is 3.28. The highest BCUT2D eigenvalue weighted by Gasteiger charge is 1.98. The van der Waals surface area contributed by atoms with Crippen LogP contribution in [0.25, 0.3) is 11.0 Å². The average molecular weight is 149 g/mol. The second-order valence-electron chi connectivity index (χ2n) is 2.28. The molecule has 0 amide bonds. The Morgan fingerprint density at radius 2 is 2.45 bits per heavy atom. The molecule has 2 rings (SSSR count). The second-order valence-corrected chi connectivity index (χ2v) is 2.28. The zero-order valence-electron chi connectivity index (χ0n) is 5.78. The summed E-state index contributed by atoms with van der Waals surface area (Å²) >= 11 is 0. The van der Waals surface area contributed by atoms with Gasteiger partial charge in [-0.3, -0.25) is 0 Å². The Labute approximate surface area is 62.9 Å². The summed E-state index contributed by atoms with van der Waals surface area (Å²) in [6.07, 6.45) is 3.18. The van der Waals surface area contributed by atoms with Crippen LogP contribution >= 0.6 is 0 Å². The first-order valence-corrected chi connectivity index (χ1v) is 3.28. The standard InChI is InChI=1S/C7H7N3O/c11-3-6-1-5-2-8-4-9-7(5)10-6/h1-2,4,11H,3H2,(H,8,9,10). The number of nitrogens with zero attached hydrogens (tertiary/aromatic N) is 2. The van der Waals surface area contributed by atoms with Crippen molar-refractivity contribution in [3.05, 3.63) is 24.3 Å². The smallest absolute Gasteiger partial charge is 0.140 e. The van der Waals surface area contributed by atoms with Gasteiger partial charge in [-0.25, -0.2) is 9.97 Å². The van der Waals surface area contributed by atoms with Crippen molar-refractivity contribution in [2.75, 3.05) is 0 Å². The van der Waals surface area contributed by atoms with Crippen LogP contribution in [0.3, 0.4) is 0 Å². The number of hydrogen-bond acceptors (Lipinski definition) is 3. The maximum absolute atomic E-state index is 8.76. The number of hydrogen-bond donors (Lipinski definition) is 2. The summed E-state index contributed by atoms with van der Waals surface area (Å²) in [6.45, 7) is 0.0103. The van der Waals surface area contributed by atoms with Crippen LogP contribution in [-0.4, -0.2) is 20.1 Å². The lowest BCUT2D eigenvalue weighted by molar-refractivity contribution is 0.278. The summed E-state index contributed by atoms with van der Waals surface area (Å²) in [5.41, 5.74) is 1.53. The van der Waals surface area contributed by atoms with E-state index in [2.05, 4.69) is 15.0 Å². The molecule has 0 aliphatic heterocycles. The van der Waals surface area contributed by atoms with Crippen molar-refractivity contribution in [1.82, 2.24) is 15.0 Å². The normalized spacial score (nSPS) is 10.6. The fraction of sp³-hybridized carbons (Fsp3) is 0.143. The molecule has 4 nitrogen and oxygen atoms in total. The Kier molecular flexibility index (Phi) is 1.33. The minimum atomic E-state index is 0.0103. The zero-order chi connectivity index (χ0) is 7.68. The molecule has 2 aromatic heterocycles. The number of aromatic nitrogens is 3. The van der Waals surface area contributed by atoms with Crippen LogP contribution in [0, 0.1) is 0 Å². The number of nitrogens with one attached hydrogen (secondary N) is 1. The second kappa shape index (κ2) is 2.32. The van der Waals surface area contributed by atoms with E-state index in [1.165, 1.54) is 6.33 Å². The Morgan fingerprint density at radius 1 is 1.55 bits per heavy atom. The third kappa shape index (κ3) is 0.969. The van der Waals surface area contributed by atoms with E-state index in [-0.39, 0.29) is 6.61 Å². The predicted molar refractivity (Wildman–Crippen MR) is 39.8 cm³/mol. The molecule has 0 aliphatic carbocycles. The van der Waals surface area contributed by atoms with Gasteiger partial charge in [0.15, 0.2) is 0 Å². The molecular formula is C7H7N3O. The lowest BCUT2D eigenvalue weighted by Crippen LogP contribution is -1.80. The van der Waals surface area contributed by atoms with E-state index in [0.29, 0.717) is 0 Å². The molecule has 0 bridgehead atoms. The molecule has 0 atom stereocenters. The molecule has 0 unspecified atom stereocenters. The van der Waals surface area contributed by atoms with Gasteiger partial charge >= 0.3 is 0 Å². The zero-order valence-corrected chi connectivity index (χ0v) is 5.78. The molecule has 2 heterocycles. The maximum atomic E-state index is 8.76. The van der Waals surface area contributed by atoms with Crippen molar-refractivity contribution >= 4 is 11.0 Å². The molecule has 0 radical (unpaired) electrons. The summed E-state index contributed by atoms with van der Waals surface area (Å²) < 4.78 is 0. The van der Waals surface area contributed by atoms with Gasteiger partial charge in [0.2, 0.25) is 0 Å². The first kappa shape index (κ1) is 6.30. The average Bonchev–Trinajstić information content (AvgIpc) is 2.46. The van der Waals surface area contributed by atoms with E-state index in [4.69, 9.17) is 5.11 Å². The number of aromatic amines is 1. The molecule has 0 fully saturated rings. The number of fused-ring (bicyclic) bond motifs is 1. The Bertz CT molecular complexity index is 335. The van der Waals surface area contributed by atoms with Gasteiger partial charge in [-0.15, -0.1) is 0 Å². The largest absolute Gasteiger partial charge is 0.390 e. The topological polar surface area (TPSA) is 61.8 Å². The van der Waals surface area contributed by atoms with Crippen molar-refractivity contribution in [2.24, 2.45) is 0 Å². The van der Waals surface area contributed by atoms with Gasteiger partial charge in [0.05, 0.1) is 6.61 Å². The van der Waals surface area contributed by atoms with Crippen LogP contribution in [0.2, 0.25) is 0 Å². The van der Waals surface area contributed by atoms with Crippen molar-refractivity contribution in [1.29, 1.82) is 0 Å². The highest BCUT2D eigenvalue weighted by Crippen LogP contribution is 2.09. The SMILES string of the molecule is OCc1cc2cncnc2[nH]1. The molecule has 0 saturated carbocycles. The minimum Gasteiger partial charge on any atom is -0.390 e. The molecule has 11 heavy (non-hydrogen) atoms. The molecular weight excluding hydrogens is 142 g/mol. The van der Waals surface area contributed by atoms with Crippen molar-refractivity contribution in [3.63, 3.8) is 0 Å². The van der Waals surface area contributed by atoms with E-state index < -0.39 is 0 Å². The van der Waals surface area contributed by atoms with Gasteiger partial charge in [-0.05, 0) is 6.07 Å². The van der Waals surface area contributed by atoms with E-state index >= 15 is 0 Å². The maximum Gasteiger partial charge on any atom is 0.140 e. The Morgan fingerprint density at radius 3 is 3.18 bits per heavy atom. The number of aliphatic hydroxyl groups is 1. The van der Waals surface area contributed by atoms with Gasteiger partial charge in [-0.1, -0.05) is 0 Å². The molecule has 0 aliphatic rings. The van der Waals surface area contributed by atoms with E-state index in [0.717, 1.165) is 16.7 Å². The van der Waals surface area contributed by atoms with E-state index in [1.807, 2.05) is 6.07 Å². The number of aliphatic hydroxyl groups excluding tert-OH is 1. The van der Waals surface area contributed by atoms with Crippen LogP contribution in [0.15, 0.2) is 18.6 Å². The van der Waals surface area contributed by atoms with Crippen LogP contribution in [0.1, 0.15) is 5.69 Å². The molecule has 2 aromatic rings. The first-order chi connectivity index (χ1) is 5.40. The van der Waals surface area contributed by atoms with Gasteiger partial charge in [-0.2, -0.15) is 0 Å². The minimum absolute atomic E-state index is 0.0103. The summed E-state index contributed by atoms with van der Waals surface area (Å²) in [7, 11) is 0. The molecule has 56 valence electrons. The molecule has 4 heteroatoms. The van der Waals surface area contributed by atoms with Gasteiger partial charge < -0.3 is 10.1 Å². The fourth-order valence-electron chi connectivity index (χ4n) is 1.01. The van der Waals surface area contributed by atoms with Gasteiger partial charge in [0, 0.05) is 17.3 Å². The van der Waals surface area contributed by atoms with Crippen LogP contribution in [0.4, 0.5) is 0 Å². The van der Waals surface area contributed by atoms with Crippen LogP contribution in [0.5, 0.6) is 0 Å². The summed E-state index contributed by atoms with van der Waals surface area (Å²) in [4.78, 5) is 10.8. The van der Waals surface area contributed by atoms with Crippen molar-refractivity contribution in [3.8, 4) is 0 Å². The van der Waals surface area contributed by atoms with E-state index in [1.54, 1.807) is 6.20 Å². The predicted octanol–water partition coefficient (Wildman–Crippen LogP) is 0.450. The van der Waals surface area contributed by atoms with Gasteiger partial charge in [0.25, 0.3) is 0 Å². The van der Waals surface area contributed by atoms with Crippen molar-refractivity contribution < 1.29 is 5.11 Å².